The third-order valence-electron chi connectivity index (χ3n) is 5.04. The summed E-state index contributed by atoms with van der Waals surface area (Å²) in [6, 6.07) is 15.2. The monoisotopic (exact) mass is 439 g/mol. The molecular weight excluding hydrogens is 410 g/mol. The number of hydrogen-bond acceptors (Lipinski definition) is 6. The van der Waals surface area contributed by atoms with Crippen molar-refractivity contribution < 1.29 is 23.7 Å². The smallest absolute Gasteiger partial charge is 0.257 e. The van der Waals surface area contributed by atoms with Crippen LogP contribution >= 0.6 is 0 Å². The maximum Gasteiger partial charge on any atom is 0.257 e. The van der Waals surface area contributed by atoms with E-state index in [1.54, 1.807) is 50.3 Å². The molecular formula is C24H29N3O5. The molecule has 8 nitrogen and oxygen atoms in total. The summed E-state index contributed by atoms with van der Waals surface area (Å²) >= 11 is 0. The predicted molar refractivity (Wildman–Crippen MR) is 122 cm³/mol. The number of hydrogen-bond donors (Lipinski definition) is 0. The van der Waals surface area contributed by atoms with Crippen molar-refractivity contribution in [2.45, 2.75) is 0 Å². The molecule has 3 aromatic rings. The molecule has 170 valence electrons. The van der Waals surface area contributed by atoms with Crippen LogP contribution in [0.5, 0.6) is 11.5 Å². The minimum Gasteiger partial charge on any atom is -0.493 e. The summed E-state index contributed by atoms with van der Waals surface area (Å²) in [5.41, 5.74) is 2.64. The fourth-order valence-corrected chi connectivity index (χ4v) is 3.33. The lowest BCUT2D eigenvalue weighted by Gasteiger charge is -2.22. The lowest BCUT2D eigenvalue weighted by molar-refractivity contribution is 0.0628. The standard InChI is InChI=1S/C24H29N3O5/c1-29-14-12-26(13-15-30-2)24(28)20-17-27(19-8-6-5-7-9-19)25-23(20)18-10-11-21(31-3)22(16-18)32-4/h5-11,16-17H,12-15H2,1-4H3. The molecule has 32 heavy (non-hydrogen) atoms. The van der Waals surface area contributed by atoms with E-state index in [1.807, 2.05) is 42.5 Å². The Balaban J connectivity index is 2.09. The minimum absolute atomic E-state index is 0.147. The van der Waals surface area contributed by atoms with E-state index in [9.17, 15) is 4.79 Å². The van der Waals surface area contributed by atoms with Crippen LogP contribution in [-0.4, -0.2) is 75.3 Å². The summed E-state index contributed by atoms with van der Waals surface area (Å²) in [4.78, 5) is 15.3. The Kier molecular flexibility index (Phi) is 8.24. The summed E-state index contributed by atoms with van der Waals surface area (Å²) in [6.07, 6.45) is 1.76. The van der Waals surface area contributed by atoms with E-state index < -0.39 is 0 Å². The van der Waals surface area contributed by atoms with Crippen LogP contribution in [0.4, 0.5) is 0 Å². The van der Waals surface area contributed by atoms with Gasteiger partial charge in [0, 0.05) is 39.1 Å². The van der Waals surface area contributed by atoms with E-state index in [-0.39, 0.29) is 5.91 Å². The number of benzene rings is 2. The second kappa shape index (κ2) is 11.3. The first kappa shape index (κ1) is 23.3. The van der Waals surface area contributed by atoms with Gasteiger partial charge in [-0.3, -0.25) is 4.79 Å². The molecule has 0 fully saturated rings. The quantitative estimate of drug-likeness (QED) is 0.456. The number of para-hydroxylation sites is 1. The molecule has 0 saturated carbocycles. The summed E-state index contributed by atoms with van der Waals surface area (Å²) < 4.78 is 22.9. The molecule has 0 radical (unpaired) electrons. The van der Waals surface area contributed by atoms with Gasteiger partial charge in [0.2, 0.25) is 0 Å². The Bertz CT molecular complexity index is 1010. The molecule has 2 aromatic carbocycles. The lowest BCUT2D eigenvalue weighted by atomic mass is 10.1. The third kappa shape index (κ3) is 5.27. The molecule has 8 heteroatoms. The van der Waals surface area contributed by atoms with Crippen molar-refractivity contribution in [2.24, 2.45) is 0 Å². The topological polar surface area (TPSA) is 75.1 Å². The molecule has 0 aliphatic rings. The largest absolute Gasteiger partial charge is 0.493 e. The Morgan fingerprint density at radius 1 is 0.906 bits per heavy atom. The third-order valence-corrected chi connectivity index (χ3v) is 5.04. The van der Waals surface area contributed by atoms with Crippen molar-refractivity contribution in [3.63, 3.8) is 0 Å². The number of carbonyl (C=O) groups is 1. The second-order valence-corrected chi connectivity index (χ2v) is 7.02. The molecule has 0 aliphatic heterocycles. The number of carbonyl (C=O) groups excluding carboxylic acids is 1. The van der Waals surface area contributed by atoms with Crippen molar-refractivity contribution in [2.75, 3.05) is 54.7 Å². The first-order valence-corrected chi connectivity index (χ1v) is 10.3. The zero-order chi connectivity index (χ0) is 22.9. The molecule has 0 aliphatic carbocycles. The van der Waals surface area contributed by atoms with E-state index in [4.69, 9.17) is 24.0 Å². The van der Waals surface area contributed by atoms with Gasteiger partial charge in [0.05, 0.1) is 38.7 Å². The van der Waals surface area contributed by atoms with E-state index in [0.717, 1.165) is 11.3 Å². The fourth-order valence-electron chi connectivity index (χ4n) is 3.33. The van der Waals surface area contributed by atoms with Crippen LogP contribution in [0.1, 0.15) is 10.4 Å². The zero-order valence-electron chi connectivity index (χ0n) is 18.9. The molecule has 0 N–H and O–H groups in total. The average molecular weight is 440 g/mol. The number of rotatable bonds is 11. The first-order valence-electron chi connectivity index (χ1n) is 10.3. The van der Waals surface area contributed by atoms with Gasteiger partial charge in [0.25, 0.3) is 5.91 Å². The highest BCUT2D eigenvalue weighted by atomic mass is 16.5. The van der Waals surface area contributed by atoms with Gasteiger partial charge in [-0.2, -0.15) is 5.10 Å². The highest BCUT2D eigenvalue weighted by Crippen LogP contribution is 2.33. The zero-order valence-corrected chi connectivity index (χ0v) is 18.9. The molecule has 0 spiro atoms. The van der Waals surface area contributed by atoms with Gasteiger partial charge in [0.1, 0.15) is 5.69 Å². The van der Waals surface area contributed by atoms with Crippen molar-refractivity contribution in [1.29, 1.82) is 0 Å². The van der Waals surface area contributed by atoms with E-state index in [0.29, 0.717) is 49.1 Å². The molecule has 0 unspecified atom stereocenters. The van der Waals surface area contributed by atoms with Gasteiger partial charge in [-0.05, 0) is 30.3 Å². The van der Waals surface area contributed by atoms with Crippen LogP contribution in [0.15, 0.2) is 54.7 Å². The molecule has 0 atom stereocenters. The fraction of sp³-hybridized carbons (Fsp3) is 0.333. The highest BCUT2D eigenvalue weighted by Gasteiger charge is 2.24. The number of amides is 1. The number of methoxy groups -OCH3 is 4. The average Bonchev–Trinajstić information content (AvgIpc) is 3.29. The van der Waals surface area contributed by atoms with Gasteiger partial charge in [-0.25, -0.2) is 4.68 Å². The predicted octanol–water partition coefficient (Wildman–Crippen LogP) is 3.29. The Morgan fingerprint density at radius 3 is 2.16 bits per heavy atom. The van der Waals surface area contributed by atoms with Crippen LogP contribution in [0.3, 0.4) is 0 Å². The normalized spacial score (nSPS) is 10.8. The van der Waals surface area contributed by atoms with Crippen molar-refractivity contribution in [1.82, 2.24) is 14.7 Å². The van der Waals surface area contributed by atoms with Crippen molar-refractivity contribution in [3.8, 4) is 28.4 Å². The molecule has 0 saturated heterocycles. The maximum atomic E-state index is 13.6. The van der Waals surface area contributed by atoms with Crippen molar-refractivity contribution in [3.05, 3.63) is 60.3 Å². The molecule has 0 bridgehead atoms. The van der Waals surface area contributed by atoms with Gasteiger partial charge < -0.3 is 23.8 Å². The highest BCUT2D eigenvalue weighted by molar-refractivity contribution is 6.00. The summed E-state index contributed by atoms with van der Waals surface area (Å²) in [5, 5.41) is 4.76. The molecule has 1 heterocycles. The van der Waals surface area contributed by atoms with Gasteiger partial charge in [-0.1, -0.05) is 18.2 Å². The second-order valence-electron chi connectivity index (χ2n) is 7.02. The van der Waals surface area contributed by atoms with E-state index in [2.05, 4.69) is 0 Å². The van der Waals surface area contributed by atoms with Crippen LogP contribution in [0.25, 0.3) is 16.9 Å². The number of nitrogens with zero attached hydrogens (tertiary/aromatic N) is 3. The van der Waals surface area contributed by atoms with Gasteiger partial charge >= 0.3 is 0 Å². The van der Waals surface area contributed by atoms with Crippen LogP contribution in [0, 0.1) is 0 Å². The maximum absolute atomic E-state index is 13.6. The number of ether oxygens (including phenoxy) is 4. The first-order chi connectivity index (χ1) is 15.6. The Morgan fingerprint density at radius 2 is 1.56 bits per heavy atom. The Hall–Kier alpha value is -3.36. The van der Waals surface area contributed by atoms with Gasteiger partial charge in [-0.15, -0.1) is 0 Å². The van der Waals surface area contributed by atoms with Crippen molar-refractivity contribution >= 4 is 5.91 Å². The summed E-state index contributed by atoms with van der Waals surface area (Å²) in [5.74, 6) is 1.02. The van der Waals surface area contributed by atoms with E-state index in [1.165, 1.54) is 0 Å². The van der Waals surface area contributed by atoms with Crippen LogP contribution in [0.2, 0.25) is 0 Å². The Labute approximate surface area is 188 Å². The minimum atomic E-state index is -0.147. The van der Waals surface area contributed by atoms with Gasteiger partial charge in [0.15, 0.2) is 11.5 Å². The molecule has 3 rings (SSSR count). The molecule has 1 aromatic heterocycles. The summed E-state index contributed by atoms with van der Waals surface area (Å²) in [6.45, 7) is 1.74. The SMILES string of the molecule is COCCN(CCOC)C(=O)c1cn(-c2ccccc2)nc1-c1ccc(OC)c(OC)c1. The lowest BCUT2D eigenvalue weighted by Crippen LogP contribution is -2.36. The molecule has 1 amide bonds. The van der Waals surface area contributed by atoms with E-state index >= 15 is 0 Å². The number of aromatic nitrogens is 2. The summed E-state index contributed by atoms with van der Waals surface area (Å²) in [7, 11) is 6.39. The van der Waals surface area contributed by atoms with Crippen LogP contribution < -0.4 is 9.47 Å². The van der Waals surface area contributed by atoms with Crippen LogP contribution in [-0.2, 0) is 9.47 Å².